The number of aryl methyl sites for hydroxylation is 2. The van der Waals surface area contributed by atoms with Crippen LogP contribution in [0.15, 0.2) is 72.8 Å². The molecule has 0 fully saturated rings. The Balaban J connectivity index is 1.91. The Kier molecular flexibility index (Phi) is 2.72. The predicted octanol–water partition coefficient (Wildman–Crippen LogP) is 6.92. The van der Waals surface area contributed by atoms with Gasteiger partial charge in [0.15, 0.2) is 0 Å². The maximum atomic E-state index is 2.34. The molecule has 0 saturated carbocycles. The molecule has 0 N–H and O–H groups in total. The second-order valence-corrected chi connectivity index (χ2v) is 6.90. The summed E-state index contributed by atoms with van der Waals surface area (Å²) in [4.78, 5) is 0. The van der Waals surface area contributed by atoms with Crippen molar-refractivity contribution in [1.29, 1.82) is 0 Å². The zero-order chi connectivity index (χ0) is 16.3. The van der Waals surface area contributed by atoms with Crippen LogP contribution >= 0.6 is 0 Å². The molecular formula is C24H18. The second kappa shape index (κ2) is 4.82. The van der Waals surface area contributed by atoms with Gasteiger partial charge in [-0.15, -0.1) is 0 Å². The quantitative estimate of drug-likeness (QED) is 0.272. The van der Waals surface area contributed by atoms with Crippen molar-refractivity contribution in [2.45, 2.75) is 13.8 Å². The number of fused-ring (bicyclic) bond motifs is 4. The zero-order valence-corrected chi connectivity index (χ0v) is 13.9. The third-order valence-electron chi connectivity index (χ3n) is 5.08. The molecule has 0 bridgehead atoms. The van der Waals surface area contributed by atoms with E-state index >= 15 is 0 Å². The monoisotopic (exact) mass is 306 g/mol. The van der Waals surface area contributed by atoms with E-state index in [1.807, 2.05) is 0 Å². The Bertz CT molecular complexity index is 1260. The average molecular weight is 306 g/mol. The van der Waals surface area contributed by atoms with E-state index in [4.69, 9.17) is 0 Å². The van der Waals surface area contributed by atoms with E-state index in [9.17, 15) is 0 Å². The molecule has 0 aromatic heterocycles. The van der Waals surface area contributed by atoms with E-state index in [0.717, 1.165) is 0 Å². The largest absolute Gasteiger partial charge is 0.0616 e. The van der Waals surface area contributed by atoms with Crippen molar-refractivity contribution in [3.8, 4) is 0 Å². The molecule has 24 heavy (non-hydrogen) atoms. The Morgan fingerprint density at radius 2 is 0.958 bits per heavy atom. The third kappa shape index (κ3) is 2.00. The minimum Gasteiger partial charge on any atom is -0.0616 e. The lowest BCUT2D eigenvalue weighted by molar-refractivity contribution is 1.43. The van der Waals surface area contributed by atoms with Gasteiger partial charge < -0.3 is 0 Å². The lowest BCUT2D eigenvalue weighted by Gasteiger charge is -2.09. The number of benzene rings is 5. The van der Waals surface area contributed by atoms with Gasteiger partial charge in [0.2, 0.25) is 0 Å². The molecule has 0 radical (unpaired) electrons. The normalized spacial score (nSPS) is 11.8. The standard InChI is InChI=1S/C24H18/c1-15-7-16(2)24-14-22-12-20-10-18-6-4-3-5-17(18)9-19(20)11-21(22)13-23(24)8-15/h3-14H,1-2H3. The number of hydrogen-bond donors (Lipinski definition) is 0. The molecule has 0 unspecified atom stereocenters. The summed E-state index contributed by atoms with van der Waals surface area (Å²) in [6, 6.07) is 27.1. The lowest BCUT2D eigenvalue weighted by Crippen LogP contribution is -1.84. The number of hydrogen-bond acceptors (Lipinski definition) is 0. The first-order valence-corrected chi connectivity index (χ1v) is 8.45. The van der Waals surface area contributed by atoms with Crippen molar-refractivity contribution in [1.82, 2.24) is 0 Å². The number of rotatable bonds is 0. The minimum absolute atomic E-state index is 1.30. The highest BCUT2D eigenvalue weighted by Crippen LogP contribution is 2.31. The summed E-state index contributed by atoms with van der Waals surface area (Å²) in [5.74, 6) is 0. The Morgan fingerprint density at radius 1 is 0.458 bits per heavy atom. The van der Waals surface area contributed by atoms with Crippen LogP contribution in [0.5, 0.6) is 0 Å². The van der Waals surface area contributed by atoms with Gasteiger partial charge in [-0.25, -0.2) is 0 Å². The average Bonchev–Trinajstić information content (AvgIpc) is 2.56. The van der Waals surface area contributed by atoms with Crippen molar-refractivity contribution in [3.63, 3.8) is 0 Å². The summed E-state index contributed by atoms with van der Waals surface area (Å²) in [5, 5.41) is 10.5. The van der Waals surface area contributed by atoms with E-state index in [0.29, 0.717) is 0 Å². The van der Waals surface area contributed by atoms with Crippen LogP contribution in [-0.2, 0) is 0 Å². The molecule has 0 atom stereocenters. The first-order valence-electron chi connectivity index (χ1n) is 8.45. The summed E-state index contributed by atoms with van der Waals surface area (Å²) in [5.41, 5.74) is 2.68. The van der Waals surface area contributed by atoms with Gasteiger partial charge in [-0.1, -0.05) is 42.0 Å². The Labute approximate surface area is 141 Å². The van der Waals surface area contributed by atoms with Crippen LogP contribution in [0.25, 0.3) is 43.1 Å². The first-order chi connectivity index (χ1) is 11.7. The van der Waals surface area contributed by atoms with Gasteiger partial charge >= 0.3 is 0 Å². The molecule has 5 aromatic rings. The van der Waals surface area contributed by atoms with Gasteiger partial charge in [-0.3, -0.25) is 0 Å². The van der Waals surface area contributed by atoms with Gasteiger partial charge in [-0.05, 0) is 98.9 Å². The Morgan fingerprint density at radius 3 is 1.58 bits per heavy atom. The van der Waals surface area contributed by atoms with E-state index in [1.54, 1.807) is 0 Å². The molecule has 0 heterocycles. The van der Waals surface area contributed by atoms with Gasteiger partial charge in [-0.2, -0.15) is 0 Å². The minimum atomic E-state index is 1.30. The molecule has 5 rings (SSSR count). The van der Waals surface area contributed by atoms with Gasteiger partial charge in [0, 0.05) is 0 Å². The van der Waals surface area contributed by atoms with Crippen LogP contribution in [-0.4, -0.2) is 0 Å². The summed E-state index contributed by atoms with van der Waals surface area (Å²) < 4.78 is 0. The SMILES string of the molecule is Cc1cc(C)c2cc3cc4cc5ccccc5cc4cc3cc2c1. The second-order valence-electron chi connectivity index (χ2n) is 6.90. The molecule has 5 aromatic carbocycles. The maximum Gasteiger partial charge on any atom is -0.0148 e. The smallest absolute Gasteiger partial charge is 0.0148 e. The van der Waals surface area contributed by atoms with Crippen molar-refractivity contribution >= 4 is 43.1 Å². The maximum absolute atomic E-state index is 2.34. The van der Waals surface area contributed by atoms with Crippen LogP contribution in [0.3, 0.4) is 0 Å². The van der Waals surface area contributed by atoms with Crippen molar-refractivity contribution in [2.24, 2.45) is 0 Å². The summed E-state index contributed by atoms with van der Waals surface area (Å²) in [6.45, 7) is 4.37. The van der Waals surface area contributed by atoms with E-state index in [-0.39, 0.29) is 0 Å². The predicted molar refractivity (Wildman–Crippen MR) is 106 cm³/mol. The highest BCUT2D eigenvalue weighted by molar-refractivity contribution is 6.08. The van der Waals surface area contributed by atoms with Crippen LogP contribution in [0, 0.1) is 13.8 Å². The topological polar surface area (TPSA) is 0 Å². The molecule has 0 heteroatoms. The summed E-state index contributed by atoms with van der Waals surface area (Å²) >= 11 is 0. The first kappa shape index (κ1) is 13.6. The molecular weight excluding hydrogens is 288 g/mol. The molecule has 0 nitrogen and oxygen atoms in total. The van der Waals surface area contributed by atoms with Gasteiger partial charge in [0.1, 0.15) is 0 Å². The molecule has 0 aliphatic carbocycles. The molecule has 114 valence electrons. The highest BCUT2D eigenvalue weighted by Gasteiger charge is 2.05. The zero-order valence-electron chi connectivity index (χ0n) is 13.9. The fourth-order valence-corrected chi connectivity index (χ4v) is 3.93. The van der Waals surface area contributed by atoms with Crippen molar-refractivity contribution in [3.05, 3.63) is 83.9 Å². The molecule has 0 spiro atoms. The van der Waals surface area contributed by atoms with E-state index < -0.39 is 0 Å². The molecule has 0 aliphatic rings. The van der Waals surface area contributed by atoms with Crippen LogP contribution in [0.4, 0.5) is 0 Å². The lowest BCUT2D eigenvalue weighted by atomic mass is 9.95. The van der Waals surface area contributed by atoms with Crippen molar-refractivity contribution in [2.75, 3.05) is 0 Å². The summed E-state index contributed by atoms with van der Waals surface area (Å²) in [7, 11) is 0. The van der Waals surface area contributed by atoms with Gasteiger partial charge in [0.05, 0.1) is 0 Å². The third-order valence-corrected chi connectivity index (χ3v) is 5.08. The van der Waals surface area contributed by atoms with Crippen LogP contribution in [0.2, 0.25) is 0 Å². The van der Waals surface area contributed by atoms with Crippen LogP contribution in [0.1, 0.15) is 11.1 Å². The fourth-order valence-electron chi connectivity index (χ4n) is 3.93. The Hall–Kier alpha value is -2.86. The highest BCUT2D eigenvalue weighted by atomic mass is 14.1. The molecule has 0 saturated heterocycles. The molecule has 0 amide bonds. The fraction of sp³-hybridized carbons (Fsp3) is 0.0833. The summed E-state index contributed by atoms with van der Waals surface area (Å²) in [6.07, 6.45) is 0. The van der Waals surface area contributed by atoms with Crippen LogP contribution < -0.4 is 0 Å². The molecule has 0 aliphatic heterocycles. The van der Waals surface area contributed by atoms with Gasteiger partial charge in [0.25, 0.3) is 0 Å². The van der Waals surface area contributed by atoms with Crippen molar-refractivity contribution < 1.29 is 0 Å². The van der Waals surface area contributed by atoms with E-state index in [1.165, 1.54) is 54.2 Å². The van der Waals surface area contributed by atoms with E-state index in [2.05, 4.69) is 86.6 Å².